The van der Waals surface area contributed by atoms with Crippen molar-refractivity contribution >= 4 is 15.9 Å². The van der Waals surface area contributed by atoms with E-state index in [-0.39, 0.29) is 18.4 Å². The first-order chi connectivity index (χ1) is 10.8. The Balaban J connectivity index is 1.98. The Morgan fingerprint density at radius 2 is 2.09 bits per heavy atom. The number of hydrogen-bond donors (Lipinski definition) is 2. The van der Waals surface area contributed by atoms with Gasteiger partial charge in [0.15, 0.2) is 0 Å². The average Bonchev–Trinajstić information content (AvgIpc) is 2.97. The molecular weight excluding hydrogens is 323 g/mol. The van der Waals surface area contributed by atoms with Gasteiger partial charge in [-0.1, -0.05) is 12.1 Å². The van der Waals surface area contributed by atoms with Crippen molar-refractivity contribution < 1.29 is 22.3 Å². The van der Waals surface area contributed by atoms with Gasteiger partial charge in [0.2, 0.25) is 15.9 Å². The summed E-state index contributed by atoms with van der Waals surface area (Å²) in [6.45, 7) is 1.11. The Hall–Kier alpha value is -1.51. The number of rotatable bonds is 7. The van der Waals surface area contributed by atoms with Crippen LogP contribution in [-0.2, 0) is 19.6 Å². The van der Waals surface area contributed by atoms with Crippen molar-refractivity contribution in [3.63, 3.8) is 0 Å². The van der Waals surface area contributed by atoms with E-state index in [1.54, 1.807) is 0 Å². The zero-order valence-electron chi connectivity index (χ0n) is 12.9. The number of carbonyl (C=O) groups excluding carboxylic acids is 1. The van der Waals surface area contributed by atoms with Crippen LogP contribution in [0, 0.1) is 5.82 Å². The predicted molar refractivity (Wildman–Crippen MR) is 83.7 cm³/mol. The van der Waals surface area contributed by atoms with Crippen LogP contribution in [0.3, 0.4) is 0 Å². The van der Waals surface area contributed by atoms with Crippen LogP contribution in [0.25, 0.3) is 0 Å². The number of sulfonamides is 1. The van der Waals surface area contributed by atoms with Crippen LogP contribution >= 0.6 is 0 Å². The van der Waals surface area contributed by atoms with Gasteiger partial charge in [-0.15, -0.1) is 0 Å². The molecule has 1 amide bonds. The second kappa shape index (κ2) is 7.85. The maximum Gasteiger partial charge on any atom is 0.222 e. The molecule has 1 fully saturated rings. The molecule has 1 aliphatic heterocycles. The van der Waals surface area contributed by atoms with Crippen molar-refractivity contribution in [2.24, 2.45) is 0 Å². The van der Waals surface area contributed by atoms with Gasteiger partial charge in [0.25, 0.3) is 0 Å². The highest BCUT2D eigenvalue weighted by molar-refractivity contribution is 7.88. The maximum atomic E-state index is 13.0. The Kier molecular flexibility index (Phi) is 6.09. The van der Waals surface area contributed by atoms with Crippen molar-refractivity contribution in [1.29, 1.82) is 0 Å². The molecule has 1 aromatic carbocycles. The second-order valence-electron chi connectivity index (χ2n) is 5.64. The van der Waals surface area contributed by atoms with E-state index in [0.29, 0.717) is 18.7 Å². The molecule has 0 spiro atoms. The molecule has 0 radical (unpaired) electrons. The molecule has 0 aromatic heterocycles. The molecule has 0 saturated carbocycles. The van der Waals surface area contributed by atoms with Crippen LogP contribution in [0.4, 0.5) is 4.39 Å². The van der Waals surface area contributed by atoms with E-state index in [0.717, 1.165) is 19.1 Å². The highest BCUT2D eigenvalue weighted by atomic mass is 32.2. The average molecular weight is 344 g/mol. The number of amides is 1. The lowest BCUT2D eigenvalue weighted by Crippen LogP contribution is -2.36. The molecule has 1 heterocycles. The molecule has 8 heteroatoms. The lowest BCUT2D eigenvalue weighted by atomic mass is 10.0. The predicted octanol–water partition coefficient (Wildman–Crippen LogP) is 1.10. The van der Waals surface area contributed by atoms with Crippen LogP contribution in [0.2, 0.25) is 0 Å². The lowest BCUT2D eigenvalue weighted by Gasteiger charge is -2.18. The molecule has 0 aliphatic carbocycles. The molecule has 23 heavy (non-hydrogen) atoms. The third kappa shape index (κ3) is 6.25. The summed E-state index contributed by atoms with van der Waals surface area (Å²) in [5.74, 6) is -0.708. The monoisotopic (exact) mass is 344 g/mol. The van der Waals surface area contributed by atoms with E-state index in [9.17, 15) is 17.6 Å². The third-order valence-corrected chi connectivity index (χ3v) is 4.28. The van der Waals surface area contributed by atoms with E-state index in [2.05, 4.69) is 10.0 Å². The molecule has 2 atom stereocenters. The number of ether oxygens (including phenoxy) is 1. The van der Waals surface area contributed by atoms with Crippen LogP contribution in [-0.4, -0.2) is 39.8 Å². The summed E-state index contributed by atoms with van der Waals surface area (Å²) in [6.07, 6.45) is 2.86. The topological polar surface area (TPSA) is 84.5 Å². The largest absolute Gasteiger partial charge is 0.376 e. The van der Waals surface area contributed by atoms with Gasteiger partial charge in [0.1, 0.15) is 5.82 Å². The Bertz CT molecular complexity index is 627. The van der Waals surface area contributed by atoms with Gasteiger partial charge in [-0.25, -0.2) is 17.5 Å². The van der Waals surface area contributed by atoms with E-state index < -0.39 is 21.9 Å². The molecule has 2 rings (SSSR count). The van der Waals surface area contributed by atoms with Crippen molar-refractivity contribution in [2.75, 3.05) is 19.4 Å². The zero-order valence-corrected chi connectivity index (χ0v) is 13.7. The Labute approximate surface area is 135 Å². The van der Waals surface area contributed by atoms with E-state index in [1.807, 2.05) is 0 Å². The highest BCUT2D eigenvalue weighted by Gasteiger charge is 2.21. The first-order valence-electron chi connectivity index (χ1n) is 7.44. The first-order valence-corrected chi connectivity index (χ1v) is 9.34. The molecule has 2 N–H and O–H groups in total. The van der Waals surface area contributed by atoms with Gasteiger partial charge in [0, 0.05) is 19.6 Å². The van der Waals surface area contributed by atoms with Crippen molar-refractivity contribution in [2.45, 2.75) is 31.4 Å². The summed E-state index contributed by atoms with van der Waals surface area (Å²) in [4.78, 5) is 12.1. The molecular formula is C15H21FN2O4S. The summed E-state index contributed by atoms with van der Waals surface area (Å²) in [5, 5.41) is 2.75. The number of hydrogen-bond acceptors (Lipinski definition) is 4. The maximum absolute atomic E-state index is 13.0. The number of halogens is 1. The minimum absolute atomic E-state index is 0.0195. The molecule has 1 saturated heterocycles. The van der Waals surface area contributed by atoms with E-state index in [4.69, 9.17) is 4.74 Å². The molecule has 1 aliphatic rings. The molecule has 0 bridgehead atoms. The molecule has 0 unspecified atom stereocenters. The minimum atomic E-state index is -3.51. The minimum Gasteiger partial charge on any atom is -0.376 e. The zero-order chi connectivity index (χ0) is 16.9. The summed E-state index contributed by atoms with van der Waals surface area (Å²) in [5.41, 5.74) is 0.532. The smallest absolute Gasteiger partial charge is 0.222 e. The normalized spacial score (nSPS) is 19.5. The lowest BCUT2D eigenvalue weighted by molar-refractivity contribution is -0.122. The second-order valence-corrected chi connectivity index (χ2v) is 7.42. The van der Waals surface area contributed by atoms with Gasteiger partial charge in [0.05, 0.1) is 18.4 Å². The SMILES string of the molecule is CS(=O)(=O)N[C@H](CC(=O)NC[C@H]1CCCO1)c1ccc(F)cc1. The van der Waals surface area contributed by atoms with Crippen molar-refractivity contribution in [3.8, 4) is 0 Å². The van der Waals surface area contributed by atoms with Crippen LogP contribution in [0.15, 0.2) is 24.3 Å². The first kappa shape index (κ1) is 17.8. The fourth-order valence-corrected chi connectivity index (χ4v) is 3.21. The van der Waals surface area contributed by atoms with Crippen LogP contribution in [0.1, 0.15) is 30.9 Å². The number of benzene rings is 1. The Morgan fingerprint density at radius 1 is 1.39 bits per heavy atom. The van der Waals surface area contributed by atoms with Gasteiger partial charge >= 0.3 is 0 Å². The van der Waals surface area contributed by atoms with E-state index >= 15 is 0 Å². The summed E-state index contributed by atoms with van der Waals surface area (Å²) >= 11 is 0. The summed E-state index contributed by atoms with van der Waals surface area (Å²) in [7, 11) is -3.51. The van der Waals surface area contributed by atoms with Gasteiger partial charge in [-0.3, -0.25) is 4.79 Å². The standard InChI is InChI=1S/C15H21FN2O4S/c1-23(20,21)18-14(11-4-6-12(16)7-5-11)9-15(19)17-10-13-3-2-8-22-13/h4-7,13-14,18H,2-3,8-10H2,1H3,(H,17,19)/t13-,14-/m1/s1. The summed E-state index contributed by atoms with van der Waals surface area (Å²) < 4.78 is 43.8. The van der Waals surface area contributed by atoms with E-state index in [1.165, 1.54) is 24.3 Å². The number of carbonyl (C=O) groups is 1. The highest BCUT2D eigenvalue weighted by Crippen LogP contribution is 2.18. The third-order valence-electron chi connectivity index (χ3n) is 3.57. The molecule has 128 valence electrons. The Morgan fingerprint density at radius 3 is 2.65 bits per heavy atom. The van der Waals surface area contributed by atoms with Gasteiger partial charge < -0.3 is 10.1 Å². The molecule has 1 aromatic rings. The van der Waals surface area contributed by atoms with Gasteiger partial charge in [-0.05, 0) is 30.5 Å². The number of nitrogens with one attached hydrogen (secondary N) is 2. The summed E-state index contributed by atoms with van der Waals surface area (Å²) in [6, 6.07) is 4.65. The van der Waals surface area contributed by atoms with Crippen molar-refractivity contribution in [1.82, 2.24) is 10.0 Å². The molecule has 6 nitrogen and oxygen atoms in total. The van der Waals surface area contributed by atoms with Crippen molar-refractivity contribution in [3.05, 3.63) is 35.6 Å². The van der Waals surface area contributed by atoms with Crippen LogP contribution in [0.5, 0.6) is 0 Å². The fourth-order valence-electron chi connectivity index (χ4n) is 2.47. The van der Waals surface area contributed by atoms with Gasteiger partial charge in [-0.2, -0.15) is 0 Å². The quantitative estimate of drug-likeness (QED) is 0.776. The van der Waals surface area contributed by atoms with Crippen LogP contribution < -0.4 is 10.0 Å². The fraction of sp³-hybridized carbons (Fsp3) is 0.533.